The van der Waals surface area contributed by atoms with Gasteiger partial charge in [0.25, 0.3) is 5.82 Å². The smallest absolute Gasteiger partial charge is 0.217 e. The van der Waals surface area contributed by atoms with Crippen LogP contribution in [0.2, 0.25) is 0 Å². The van der Waals surface area contributed by atoms with E-state index in [0.717, 1.165) is 4.47 Å². The summed E-state index contributed by atoms with van der Waals surface area (Å²) in [6, 6.07) is 6.84. The van der Waals surface area contributed by atoms with Crippen molar-refractivity contribution >= 4 is 15.9 Å². The van der Waals surface area contributed by atoms with Crippen LogP contribution < -0.4 is 0 Å². The number of alkyl halides is 3. The van der Waals surface area contributed by atoms with E-state index in [4.69, 9.17) is 0 Å². The first-order chi connectivity index (χ1) is 8.41. The van der Waals surface area contributed by atoms with Crippen molar-refractivity contribution in [1.29, 1.82) is 0 Å². The van der Waals surface area contributed by atoms with Crippen molar-refractivity contribution in [3.8, 4) is 5.69 Å². The van der Waals surface area contributed by atoms with E-state index in [0.29, 0.717) is 12.1 Å². The number of aromatic nitrogens is 3. The van der Waals surface area contributed by atoms with Gasteiger partial charge in [0.1, 0.15) is 5.82 Å². The molecule has 0 bridgehead atoms. The fourth-order valence-corrected chi connectivity index (χ4v) is 1.75. The first-order valence-corrected chi connectivity index (χ1v) is 6.00. The molecule has 0 radical (unpaired) electrons. The number of benzene rings is 1. The van der Waals surface area contributed by atoms with Gasteiger partial charge in [-0.3, -0.25) is 0 Å². The molecule has 0 unspecified atom stereocenters. The summed E-state index contributed by atoms with van der Waals surface area (Å²) >= 11 is 3.27. The Morgan fingerprint density at radius 3 is 2.33 bits per heavy atom. The van der Waals surface area contributed by atoms with Crippen molar-refractivity contribution in [2.45, 2.75) is 19.5 Å². The van der Waals surface area contributed by atoms with Gasteiger partial charge in [0, 0.05) is 10.9 Å². The van der Waals surface area contributed by atoms with E-state index in [2.05, 4.69) is 26.0 Å². The average Bonchev–Trinajstić information content (AvgIpc) is 2.73. The van der Waals surface area contributed by atoms with E-state index in [-0.39, 0.29) is 5.82 Å². The number of nitrogens with zero attached hydrogens (tertiary/aromatic N) is 3. The van der Waals surface area contributed by atoms with Crippen LogP contribution in [0.25, 0.3) is 5.69 Å². The molecule has 2 rings (SSSR count). The third-order valence-electron chi connectivity index (χ3n) is 2.32. The molecule has 2 aromatic rings. The molecule has 0 aliphatic rings. The van der Waals surface area contributed by atoms with Crippen LogP contribution in [0.15, 0.2) is 28.7 Å². The molecule has 1 aromatic carbocycles. The van der Waals surface area contributed by atoms with E-state index >= 15 is 0 Å². The van der Waals surface area contributed by atoms with Gasteiger partial charge in [-0.05, 0) is 24.3 Å². The number of halogens is 4. The van der Waals surface area contributed by atoms with Gasteiger partial charge in [0.2, 0.25) is 0 Å². The van der Waals surface area contributed by atoms with Crippen LogP contribution in [0.4, 0.5) is 13.2 Å². The molecule has 0 saturated carbocycles. The van der Waals surface area contributed by atoms with E-state index in [1.54, 1.807) is 31.2 Å². The van der Waals surface area contributed by atoms with E-state index in [9.17, 15) is 13.2 Å². The number of aryl methyl sites for hydroxylation is 1. The summed E-state index contributed by atoms with van der Waals surface area (Å²) in [5.74, 6) is -0.827. The Hall–Kier alpha value is -1.37. The minimum atomic E-state index is -4.52. The zero-order valence-electron chi connectivity index (χ0n) is 9.37. The fraction of sp³-hybridized carbons (Fsp3) is 0.273. The second-order valence-electron chi connectivity index (χ2n) is 3.59. The minimum Gasteiger partial charge on any atom is -0.217 e. The van der Waals surface area contributed by atoms with Gasteiger partial charge in [-0.25, -0.2) is 9.67 Å². The van der Waals surface area contributed by atoms with E-state index < -0.39 is 12.0 Å². The molecule has 1 aromatic heterocycles. The third kappa shape index (κ3) is 2.55. The molecule has 7 heteroatoms. The van der Waals surface area contributed by atoms with Crippen molar-refractivity contribution in [3.05, 3.63) is 40.4 Å². The highest BCUT2D eigenvalue weighted by molar-refractivity contribution is 9.10. The lowest BCUT2D eigenvalue weighted by atomic mass is 10.3. The van der Waals surface area contributed by atoms with Crippen LogP contribution >= 0.6 is 15.9 Å². The summed E-state index contributed by atoms with van der Waals surface area (Å²) in [6.45, 7) is 1.74. The predicted molar refractivity (Wildman–Crippen MR) is 63.4 cm³/mol. The number of hydrogen-bond acceptors (Lipinski definition) is 2. The van der Waals surface area contributed by atoms with Gasteiger partial charge in [-0.15, -0.1) is 5.10 Å². The highest BCUT2D eigenvalue weighted by atomic mass is 79.9. The summed E-state index contributed by atoms with van der Waals surface area (Å²) in [4.78, 5) is 3.51. The molecule has 0 aliphatic carbocycles. The monoisotopic (exact) mass is 319 g/mol. The van der Waals surface area contributed by atoms with Crippen molar-refractivity contribution in [2.75, 3.05) is 0 Å². The topological polar surface area (TPSA) is 30.7 Å². The first kappa shape index (κ1) is 13.1. The van der Waals surface area contributed by atoms with E-state index in [1.165, 1.54) is 4.68 Å². The van der Waals surface area contributed by atoms with Crippen LogP contribution in [-0.2, 0) is 12.6 Å². The largest absolute Gasteiger partial charge is 0.453 e. The number of rotatable bonds is 2. The molecule has 0 amide bonds. The third-order valence-corrected chi connectivity index (χ3v) is 2.84. The lowest BCUT2D eigenvalue weighted by molar-refractivity contribution is -0.144. The molecular formula is C11H9BrF3N3. The van der Waals surface area contributed by atoms with Gasteiger partial charge in [0.05, 0.1) is 5.69 Å². The molecule has 0 saturated heterocycles. The standard InChI is InChI=1S/C11H9BrF3N3/c1-2-9-16-10(11(13,14)15)17-18(9)8-5-3-7(12)4-6-8/h3-6H,2H2,1H3. The Morgan fingerprint density at radius 2 is 1.83 bits per heavy atom. The summed E-state index contributed by atoms with van der Waals surface area (Å²) in [7, 11) is 0. The predicted octanol–water partition coefficient (Wildman–Crippen LogP) is 3.61. The Labute approximate surface area is 110 Å². The Kier molecular flexibility index (Phi) is 3.43. The molecule has 0 fully saturated rings. The van der Waals surface area contributed by atoms with Crippen LogP contribution in [0.5, 0.6) is 0 Å². The summed E-state index contributed by atoms with van der Waals surface area (Å²) in [5.41, 5.74) is 0.554. The average molecular weight is 320 g/mol. The van der Waals surface area contributed by atoms with Gasteiger partial charge < -0.3 is 0 Å². The van der Waals surface area contributed by atoms with Crippen LogP contribution in [0.1, 0.15) is 18.6 Å². The SMILES string of the molecule is CCc1nc(C(F)(F)F)nn1-c1ccc(Br)cc1. The normalized spacial score (nSPS) is 11.8. The number of hydrogen-bond donors (Lipinski definition) is 0. The van der Waals surface area contributed by atoms with Gasteiger partial charge >= 0.3 is 6.18 Å². The molecule has 0 N–H and O–H groups in total. The molecule has 1 heterocycles. The Morgan fingerprint density at radius 1 is 1.22 bits per heavy atom. The molecule has 96 valence electrons. The van der Waals surface area contributed by atoms with E-state index in [1.807, 2.05) is 0 Å². The van der Waals surface area contributed by atoms with Gasteiger partial charge in [-0.1, -0.05) is 22.9 Å². The molecule has 18 heavy (non-hydrogen) atoms. The van der Waals surface area contributed by atoms with Gasteiger partial charge in [0.15, 0.2) is 0 Å². The maximum atomic E-state index is 12.6. The minimum absolute atomic E-state index is 0.282. The van der Waals surface area contributed by atoms with Crippen molar-refractivity contribution < 1.29 is 13.2 Å². The van der Waals surface area contributed by atoms with Crippen LogP contribution in [0, 0.1) is 0 Å². The zero-order valence-corrected chi connectivity index (χ0v) is 11.0. The summed E-state index contributed by atoms with van der Waals surface area (Å²) in [6.07, 6.45) is -4.15. The summed E-state index contributed by atoms with van der Waals surface area (Å²) in [5, 5.41) is 3.52. The highest BCUT2D eigenvalue weighted by Gasteiger charge is 2.37. The zero-order chi connectivity index (χ0) is 13.3. The Bertz CT molecular complexity index is 546. The van der Waals surface area contributed by atoms with Crippen molar-refractivity contribution in [1.82, 2.24) is 14.8 Å². The second kappa shape index (κ2) is 4.72. The first-order valence-electron chi connectivity index (χ1n) is 5.21. The maximum Gasteiger partial charge on any atom is 0.453 e. The lowest BCUT2D eigenvalue weighted by Crippen LogP contribution is -2.08. The maximum absolute atomic E-state index is 12.6. The molecule has 0 atom stereocenters. The summed E-state index contributed by atoms with van der Waals surface area (Å²) < 4.78 is 39.7. The van der Waals surface area contributed by atoms with Crippen molar-refractivity contribution in [3.63, 3.8) is 0 Å². The quantitative estimate of drug-likeness (QED) is 0.846. The molecular weight excluding hydrogens is 311 g/mol. The lowest BCUT2D eigenvalue weighted by Gasteiger charge is -2.04. The van der Waals surface area contributed by atoms with Gasteiger partial charge in [-0.2, -0.15) is 13.2 Å². The molecule has 0 aliphatic heterocycles. The molecule has 3 nitrogen and oxygen atoms in total. The Balaban J connectivity index is 2.50. The van der Waals surface area contributed by atoms with Crippen molar-refractivity contribution in [2.24, 2.45) is 0 Å². The highest BCUT2D eigenvalue weighted by Crippen LogP contribution is 2.27. The van der Waals surface area contributed by atoms with Crippen LogP contribution in [-0.4, -0.2) is 14.8 Å². The second-order valence-corrected chi connectivity index (χ2v) is 4.51. The molecule has 0 spiro atoms. The van der Waals surface area contributed by atoms with Crippen LogP contribution in [0.3, 0.4) is 0 Å². The fourth-order valence-electron chi connectivity index (χ4n) is 1.48.